The lowest BCUT2D eigenvalue weighted by molar-refractivity contribution is 0.200. The predicted octanol–water partition coefficient (Wildman–Crippen LogP) is 2.62. The lowest BCUT2D eigenvalue weighted by Crippen LogP contribution is -2.30. The third-order valence-corrected chi connectivity index (χ3v) is 3.88. The van der Waals surface area contributed by atoms with Crippen molar-refractivity contribution in [2.45, 2.75) is 19.5 Å². The van der Waals surface area contributed by atoms with E-state index in [4.69, 9.17) is 9.84 Å². The molecule has 1 aliphatic rings. The van der Waals surface area contributed by atoms with Crippen LogP contribution in [-0.2, 0) is 19.5 Å². The molecule has 2 aromatic carbocycles. The summed E-state index contributed by atoms with van der Waals surface area (Å²) >= 11 is 0. The first-order valence-corrected chi connectivity index (χ1v) is 7.47. The number of hydrogen-bond acceptors (Lipinski definition) is 3. The van der Waals surface area contributed by atoms with Gasteiger partial charge in [0.15, 0.2) is 0 Å². The van der Waals surface area contributed by atoms with Crippen molar-refractivity contribution in [1.82, 2.24) is 4.90 Å². The molecule has 2 aromatic rings. The van der Waals surface area contributed by atoms with E-state index in [0.717, 1.165) is 31.8 Å². The van der Waals surface area contributed by atoms with Crippen LogP contribution < -0.4 is 4.74 Å². The average molecular weight is 283 g/mol. The minimum Gasteiger partial charge on any atom is -0.491 e. The van der Waals surface area contributed by atoms with Crippen LogP contribution in [0.15, 0.2) is 48.5 Å². The van der Waals surface area contributed by atoms with E-state index in [1.165, 1.54) is 16.7 Å². The van der Waals surface area contributed by atoms with E-state index < -0.39 is 0 Å². The molecule has 0 aliphatic carbocycles. The molecule has 1 aliphatic heterocycles. The van der Waals surface area contributed by atoms with Crippen molar-refractivity contribution >= 4 is 0 Å². The van der Waals surface area contributed by atoms with E-state index in [2.05, 4.69) is 47.4 Å². The summed E-state index contributed by atoms with van der Waals surface area (Å²) in [5.74, 6) is 0.860. The van der Waals surface area contributed by atoms with E-state index in [9.17, 15) is 0 Å². The van der Waals surface area contributed by atoms with Gasteiger partial charge in [-0.2, -0.15) is 0 Å². The number of benzene rings is 2. The molecular formula is C18H21NO2. The molecule has 3 rings (SSSR count). The monoisotopic (exact) mass is 283 g/mol. The molecule has 0 saturated carbocycles. The summed E-state index contributed by atoms with van der Waals surface area (Å²) in [6.45, 7) is 3.49. The SMILES string of the molecule is OCCOc1ccc2c(c1)CCN(Cc1ccccc1)C2. The van der Waals surface area contributed by atoms with Crippen molar-refractivity contribution in [3.05, 3.63) is 65.2 Å². The summed E-state index contributed by atoms with van der Waals surface area (Å²) in [7, 11) is 0. The van der Waals surface area contributed by atoms with Gasteiger partial charge in [0.05, 0.1) is 6.61 Å². The highest BCUT2D eigenvalue weighted by atomic mass is 16.5. The molecule has 0 fully saturated rings. The summed E-state index contributed by atoms with van der Waals surface area (Å²) < 4.78 is 5.48. The van der Waals surface area contributed by atoms with E-state index in [1.807, 2.05) is 6.07 Å². The van der Waals surface area contributed by atoms with Gasteiger partial charge in [-0.1, -0.05) is 36.4 Å². The summed E-state index contributed by atoms with van der Waals surface area (Å²) in [6.07, 6.45) is 1.05. The lowest BCUT2D eigenvalue weighted by atomic mass is 9.99. The molecule has 0 atom stereocenters. The number of fused-ring (bicyclic) bond motifs is 1. The van der Waals surface area contributed by atoms with E-state index in [1.54, 1.807) is 0 Å². The average Bonchev–Trinajstić information content (AvgIpc) is 2.54. The first-order chi connectivity index (χ1) is 10.3. The van der Waals surface area contributed by atoms with Crippen molar-refractivity contribution in [2.75, 3.05) is 19.8 Å². The van der Waals surface area contributed by atoms with Crippen LogP contribution in [0.4, 0.5) is 0 Å². The third kappa shape index (κ3) is 3.63. The summed E-state index contributed by atoms with van der Waals surface area (Å²) in [4.78, 5) is 2.48. The molecular weight excluding hydrogens is 262 g/mol. The van der Waals surface area contributed by atoms with E-state index in [-0.39, 0.29) is 6.61 Å². The quantitative estimate of drug-likeness (QED) is 0.915. The normalized spacial score (nSPS) is 14.7. The van der Waals surface area contributed by atoms with Crippen LogP contribution >= 0.6 is 0 Å². The molecule has 3 nitrogen and oxygen atoms in total. The van der Waals surface area contributed by atoms with Crippen molar-refractivity contribution < 1.29 is 9.84 Å². The van der Waals surface area contributed by atoms with Crippen LogP contribution in [0.1, 0.15) is 16.7 Å². The minimum atomic E-state index is 0.0575. The molecule has 1 heterocycles. The number of rotatable bonds is 5. The molecule has 0 saturated heterocycles. The molecule has 1 N–H and O–H groups in total. The maximum atomic E-state index is 8.81. The summed E-state index contributed by atoms with van der Waals surface area (Å²) in [6, 6.07) is 16.9. The van der Waals surface area contributed by atoms with Gasteiger partial charge in [0.1, 0.15) is 12.4 Å². The number of aliphatic hydroxyl groups is 1. The molecule has 21 heavy (non-hydrogen) atoms. The van der Waals surface area contributed by atoms with Gasteiger partial charge in [0, 0.05) is 19.6 Å². The van der Waals surface area contributed by atoms with E-state index in [0.29, 0.717) is 6.61 Å². The van der Waals surface area contributed by atoms with E-state index >= 15 is 0 Å². The summed E-state index contributed by atoms with van der Waals surface area (Å²) in [5.41, 5.74) is 4.12. The van der Waals surface area contributed by atoms with Crippen molar-refractivity contribution in [3.8, 4) is 5.75 Å². The lowest BCUT2D eigenvalue weighted by Gasteiger charge is -2.29. The topological polar surface area (TPSA) is 32.7 Å². The van der Waals surface area contributed by atoms with Crippen LogP contribution in [0.5, 0.6) is 5.75 Å². The Kier molecular flexibility index (Phi) is 4.53. The molecule has 0 spiro atoms. The Balaban J connectivity index is 1.65. The number of hydrogen-bond donors (Lipinski definition) is 1. The number of ether oxygens (including phenoxy) is 1. The van der Waals surface area contributed by atoms with Gasteiger partial charge < -0.3 is 9.84 Å². The fraction of sp³-hybridized carbons (Fsp3) is 0.333. The van der Waals surface area contributed by atoms with Crippen LogP contribution in [0.3, 0.4) is 0 Å². The highest BCUT2D eigenvalue weighted by Crippen LogP contribution is 2.24. The van der Waals surface area contributed by atoms with Gasteiger partial charge in [-0.05, 0) is 35.2 Å². The Morgan fingerprint density at radius 3 is 2.71 bits per heavy atom. The first kappa shape index (κ1) is 14.1. The van der Waals surface area contributed by atoms with Crippen molar-refractivity contribution in [1.29, 1.82) is 0 Å². The van der Waals surface area contributed by atoms with Crippen LogP contribution in [0, 0.1) is 0 Å². The fourth-order valence-electron chi connectivity index (χ4n) is 2.82. The maximum Gasteiger partial charge on any atom is 0.119 e. The highest BCUT2D eigenvalue weighted by molar-refractivity contribution is 5.37. The molecule has 0 amide bonds. The second-order valence-corrected chi connectivity index (χ2v) is 5.45. The zero-order chi connectivity index (χ0) is 14.5. The molecule has 0 radical (unpaired) electrons. The molecule has 3 heteroatoms. The van der Waals surface area contributed by atoms with Crippen LogP contribution in [0.25, 0.3) is 0 Å². The number of nitrogens with zero attached hydrogens (tertiary/aromatic N) is 1. The number of aliphatic hydroxyl groups excluding tert-OH is 1. The minimum absolute atomic E-state index is 0.0575. The van der Waals surface area contributed by atoms with Crippen LogP contribution in [0.2, 0.25) is 0 Å². The molecule has 0 aromatic heterocycles. The van der Waals surface area contributed by atoms with Gasteiger partial charge in [-0.25, -0.2) is 0 Å². The van der Waals surface area contributed by atoms with Crippen molar-refractivity contribution in [2.24, 2.45) is 0 Å². The largest absolute Gasteiger partial charge is 0.491 e. The highest BCUT2D eigenvalue weighted by Gasteiger charge is 2.16. The Bertz CT molecular complexity index is 583. The van der Waals surface area contributed by atoms with Crippen molar-refractivity contribution in [3.63, 3.8) is 0 Å². The molecule has 0 unspecified atom stereocenters. The van der Waals surface area contributed by atoms with Gasteiger partial charge >= 0.3 is 0 Å². The third-order valence-electron chi connectivity index (χ3n) is 3.88. The van der Waals surface area contributed by atoms with Gasteiger partial charge in [0.25, 0.3) is 0 Å². The molecule has 0 bridgehead atoms. The van der Waals surface area contributed by atoms with Crippen LogP contribution in [-0.4, -0.2) is 29.8 Å². The maximum absolute atomic E-state index is 8.81. The second kappa shape index (κ2) is 6.74. The Morgan fingerprint density at radius 1 is 1.05 bits per heavy atom. The Hall–Kier alpha value is -1.84. The standard InChI is InChI=1S/C18H21NO2/c20-10-11-21-18-7-6-17-14-19(9-8-16(17)12-18)13-15-4-2-1-3-5-15/h1-7,12,20H,8-11,13-14H2. The zero-order valence-corrected chi connectivity index (χ0v) is 12.2. The van der Waals surface area contributed by atoms with Gasteiger partial charge in [-0.3, -0.25) is 4.90 Å². The smallest absolute Gasteiger partial charge is 0.119 e. The second-order valence-electron chi connectivity index (χ2n) is 5.45. The first-order valence-electron chi connectivity index (χ1n) is 7.47. The van der Waals surface area contributed by atoms with Gasteiger partial charge in [0.2, 0.25) is 0 Å². The fourth-order valence-corrected chi connectivity index (χ4v) is 2.82. The van der Waals surface area contributed by atoms with Gasteiger partial charge in [-0.15, -0.1) is 0 Å². The predicted molar refractivity (Wildman–Crippen MR) is 83.3 cm³/mol. The molecule has 110 valence electrons. The Morgan fingerprint density at radius 2 is 1.90 bits per heavy atom. The summed E-state index contributed by atoms with van der Waals surface area (Å²) in [5, 5.41) is 8.81. The zero-order valence-electron chi connectivity index (χ0n) is 12.2. The Labute approximate surface area is 125 Å².